The summed E-state index contributed by atoms with van der Waals surface area (Å²) in [6.45, 7) is -1.80. The van der Waals surface area contributed by atoms with Gasteiger partial charge in [-0.3, -0.25) is 14.9 Å². The third kappa shape index (κ3) is 6.00. The van der Waals surface area contributed by atoms with E-state index in [0.717, 1.165) is 24.3 Å². The Bertz CT molecular complexity index is 958. The van der Waals surface area contributed by atoms with Gasteiger partial charge < -0.3 is 14.8 Å². The lowest BCUT2D eigenvalue weighted by Crippen LogP contribution is -2.30. The van der Waals surface area contributed by atoms with Gasteiger partial charge in [-0.15, -0.1) is 0 Å². The first kappa shape index (κ1) is 22.3. The van der Waals surface area contributed by atoms with Gasteiger partial charge in [-0.2, -0.15) is 8.78 Å². The molecule has 0 aliphatic heterocycles. The zero-order chi connectivity index (χ0) is 21.7. The number of halogens is 4. The Kier molecular flexibility index (Phi) is 7.29. The number of nitrogens with one attached hydrogen (secondary N) is 1. The topological polar surface area (TPSA) is 108 Å². The number of carbonyl (C=O) groups excluding carboxylic acids is 2. The second-order valence-electron chi connectivity index (χ2n) is 5.48. The van der Waals surface area contributed by atoms with Gasteiger partial charge in [0.1, 0.15) is 5.75 Å². The third-order valence-corrected chi connectivity index (χ3v) is 4.07. The molecule has 0 saturated heterocycles. The van der Waals surface area contributed by atoms with E-state index in [1.807, 2.05) is 0 Å². The molecule has 1 atom stereocenters. The van der Waals surface area contributed by atoms with Crippen LogP contribution in [0.2, 0.25) is 10.0 Å². The highest BCUT2D eigenvalue weighted by atomic mass is 35.5. The number of nitro benzene ring substituents is 1. The minimum atomic E-state index is -3.06. The molecule has 1 amide bonds. The molecule has 1 N–H and O–H groups in total. The van der Waals surface area contributed by atoms with E-state index in [4.69, 9.17) is 27.9 Å². The summed E-state index contributed by atoms with van der Waals surface area (Å²) in [6.07, 6.45) is -1.31. The van der Waals surface area contributed by atoms with Crippen LogP contribution in [0.15, 0.2) is 36.4 Å². The van der Waals surface area contributed by atoms with E-state index in [2.05, 4.69) is 10.1 Å². The van der Waals surface area contributed by atoms with Crippen LogP contribution in [-0.4, -0.2) is 29.5 Å². The highest BCUT2D eigenvalue weighted by Gasteiger charge is 2.23. The van der Waals surface area contributed by atoms with Gasteiger partial charge in [0, 0.05) is 17.8 Å². The zero-order valence-electron chi connectivity index (χ0n) is 14.5. The van der Waals surface area contributed by atoms with Crippen LogP contribution in [0.5, 0.6) is 5.75 Å². The van der Waals surface area contributed by atoms with Gasteiger partial charge in [-0.25, -0.2) is 4.79 Å². The number of hydrogen-bond acceptors (Lipinski definition) is 6. The fraction of sp³-hybridized carbons (Fsp3) is 0.176. The average Bonchev–Trinajstić information content (AvgIpc) is 2.63. The molecule has 12 heteroatoms. The minimum absolute atomic E-state index is 0.0883. The number of anilines is 1. The van der Waals surface area contributed by atoms with Crippen LogP contribution in [0.25, 0.3) is 0 Å². The predicted octanol–water partition coefficient (Wildman–Crippen LogP) is 4.69. The van der Waals surface area contributed by atoms with Crippen LogP contribution in [0, 0.1) is 10.1 Å². The molecule has 0 aliphatic carbocycles. The lowest BCUT2D eigenvalue weighted by atomic mass is 10.2. The van der Waals surface area contributed by atoms with Gasteiger partial charge in [0.2, 0.25) is 0 Å². The molecule has 0 heterocycles. The van der Waals surface area contributed by atoms with E-state index >= 15 is 0 Å². The zero-order valence-corrected chi connectivity index (χ0v) is 16.0. The Morgan fingerprint density at radius 1 is 1.14 bits per heavy atom. The van der Waals surface area contributed by atoms with Crippen molar-refractivity contribution in [1.29, 1.82) is 0 Å². The maximum absolute atomic E-state index is 12.2. The first-order valence-corrected chi connectivity index (χ1v) is 8.54. The van der Waals surface area contributed by atoms with E-state index in [0.29, 0.717) is 0 Å². The van der Waals surface area contributed by atoms with Crippen molar-refractivity contribution in [2.24, 2.45) is 0 Å². The fourth-order valence-electron chi connectivity index (χ4n) is 2.07. The van der Waals surface area contributed by atoms with E-state index in [1.165, 1.54) is 19.1 Å². The van der Waals surface area contributed by atoms with Crippen molar-refractivity contribution in [2.45, 2.75) is 19.6 Å². The average molecular weight is 449 g/mol. The van der Waals surface area contributed by atoms with E-state index < -0.39 is 29.5 Å². The lowest BCUT2D eigenvalue weighted by Gasteiger charge is -2.15. The molecule has 0 saturated carbocycles. The van der Waals surface area contributed by atoms with Gasteiger partial charge in [-0.1, -0.05) is 23.2 Å². The van der Waals surface area contributed by atoms with Crippen molar-refractivity contribution in [1.82, 2.24) is 0 Å². The van der Waals surface area contributed by atoms with Crippen LogP contribution < -0.4 is 10.1 Å². The normalized spacial score (nSPS) is 11.7. The molecule has 8 nitrogen and oxygen atoms in total. The van der Waals surface area contributed by atoms with E-state index in [9.17, 15) is 28.5 Å². The van der Waals surface area contributed by atoms with E-state index in [-0.39, 0.29) is 32.7 Å². The second kappa shape index (κ2) is 9.48. The lowest BCUT2D eigenvalue weighted by molar-refractivity contribution is -0.384. The minimum Gasteiger partial charge on any atom is -0.449 e. The first-order chi connectivity index (χ1) is 13.6. The van der Waals surface area contributed by atoms with Gasteiger partial charge in [0.25, 0.3) is 11.6 Å². The summed E-state index contributed by atoms with van der Waals surface area (Å²) in [5.74, 6) is -2.09. The Labute approximate surface area is 172 Å². The number of non-ortho nitro benzene ring substituents is 1. The van der Waals surface area contributed by atoms with Gasteiger partial charge in [-0.05, 0) is 31.2 Å². The second-order valence-corrected chi connectivity index (χ2v) is 6.30. The van der Waals surface area contributed by atoms with Crippen molar-refractivity contribution in [3.05, 3.63) is 62.1 Å². The third-order valence-electron chi connectivity index (χ3n) is 3.45. The molecule has 0 fully saturated rings. The standard InChI is InChI=1S/C17H12Cl2F2N2O6/c1-8(28-16(25)11-7-10(23(26)27)3-4-12(11)18)15(24)22-9-2-5-14(13(19)6-9)29-17(20)21/h2-8,17H,1H3,(H,22,24). The number of carbonyl (C=O) groups is 2. The molecule has 0 spiro atoms. The van der Waals surface area contributed by atoms with Crippen LogP contribution in [0.3, 0.4) is 0 Å². The number of benzene rings is 2. The molecular weight excluding hydrogens is 437 g/mol. The molecule has 2 aromatic rings. The molecule has 2 rings (SSSR count). The summed E-state index contributed by atoms with van der Waals surface area (Å²) >= 11 is 11.6. The summed E-state index contributed by atoms with van der Waals surface area (Å²) in [7, 11) is 0. The van der Waals surface area contributed by atoms with Gasteiger partial charge >= 0.3 is 12.6 Å². The molecule has 0 aromatic heterocycles. The summed E-state index contributed by atoms with van der Waals surface area (Å²) < 4.78 is 33.6. The number of amides is 1. The van der Waals surface area contributed by atoms with Crippen molar-refractivity contribution >= 4 is 46.5 Å². The highest BCUT2D eigenvalue weighted by molar-refractivity contribution is 6.33. The van der Waals surface area contributed by atoms with Crippen LogP contribution >= 0.6 is 23.2 Å². The maximum Gasteiger partial charge on any atom is 0.387 e. The molecule has 29 heavy (non-hydrogen) atoms. The van der Waals surface area contributed by atoms with Crippen molar-refractivity contribution in [3.63, 3.8) is 0 Å². The molecular formula is C17H12Cl2F2N2O6. The van der Waals surface area contributed by atoms with Crippen LogP contribution in [0.4, 0.5) is 20.2 Å². The van der Waals surface area contributed by atoms with E-state index in [1.54, 1.807) is 0 Å². The van der Waals surface area contributed by atoms with Crippen LogP contribution in [-0.2, 0) is 9.53 Å². The summed E-state index contributed by atoms with van der Waals surface area (Å²) in [6, 6.07) is 6.75. The van der Waals surface area contributed by atoms with Crippen molar-refractivity contribution in [3.8, 4) is 5.75 Å². The quantitative estimate of drug-likeness (QED) is 0.374. The predicted molar refractivity (Wildman–Crippen MR) is 99.7 cm³/mol. The van der Waals surface area contributed by atoms with Crippen LogP contribution in [0.1, 0.15) is 17.3 Å². The number of esters is 1. The molecule has 1 unspecified atom stereocenters. The monoisotopic (exact) mass is 448 g/mol. The number of ether oxygens (including phenoxy) is 2. The summed E-state index contributed by atoms with van der Waals surface area (Å²) in [4.78, 5) is 34.5. The maximum atomic E-state index is 12.2. The smallest absolute Gasteiger partial charge is 0.387 e. The Morgan fingerprint density at radius 3 is 2.41 bits per heavy atom. The number of nitro groups is 1. The van der Waals surface area contributed by atoms with Crippen molar-refractivity contribution < 1.29 is 32.8 Å². The summed E-state index contributed by atoms with van der Waals surface area (Å²) in [5, 5.41) is 12.9. The Morgan fingerprint density at radius 2 is 1.83 bits per heavy atom. The molecule has 0 aliphatic rings. The Hall–Kier alpha value is -2.98. The number of alkyl halides is 2. The molecule has 0 bridgehead atoms. The SMILES string of the molecule is CC(OC(=O)c1cc([N+](=O)[O-])ccc1Cl)C(=O)Nc1ccc(OC(F)F)c(Cl)c1. The van der Waals surface area contributed by atoms with Gasteiger partial charge in [0.05, 0.1) is 20.5 Å². The first-order valence-electron chi connectivity index (χ1n) is 7.78. The largest absolute Gasteiger partial charge is 0.449 e. The molecule has 2 aromatic carbocycles. The molecule has 154 valence electrons. The Balaban J connectivity index is 2.06. The number of nitrogens with zero attached hydrogens (tertiary/aromatic N) is 1. The highest BCUT2D eigenvalue weighted by Crippen LogP contribution is 2.29. The number of hydrogen-bond donors (Lipinski definition) is 1. The molecule has 0 radical (unpaired) electrons. The summed E-state index contributed by atoms with van der Waals surface area (Å²) in [5.41, 5.74) is -0.519. The van der Waals surface area contributed by atoms with Gasteiger partial charge in [0.15, 0.2) is 6.10 Å². The fourth-order valence-corrected chi connectivity index (χ4v) is 2.49. The van der Waals surface area contributed by atoms with Crippen molar-refractivity contribution in [2.75, 3.05) is 5.32 Å². The number of rotatable bonds is 7.